The highest BCUT2D eigenvalue weighted by Crippen LogP contribution is 2.35. The summed E-state index contributed by atoms with van der Waals surface area (Å²) in [6.45, 7) is 4.27. The summed E-state index contributed by atoms with van der Waals surface area (Å²) in [6.07, 6.45) is 2.56. The molecule has 6 heteroatoms. The molecule has 28 heavy (non-hydrogen) atoms. The van der Waals surface area contributed by atoms with Crippen molar-refractivity contribution >= 4 is 28.7 Å². The first-order chi connectivity index (χ1) is 13.4. The quantitative estimate of drug-likeness (QED) is 0.757. The second-order valence-electron chi connectivity index (χ2n) is 7.99. The Labute approximate surface area is 169 Å². The number of anilines is 1. The largest absolute Gasteiger partial charge is 0.384 e. The van der Waals surface area contributed by atoms with Crippen molar-refractivity contribution < 1.29 is 14.7 Å². The fourth-order valence-electron chi connectivity index (χ4n) is 4.19. The van der Waals surface area contributed by atoms with Crippen molar-refractivity contribution in [1.82, 2.24) is 4.90 Å². The van der Waals surface area contributed by atoms with Crippen LogP contribution in [0, 0.1) is 5.92 Å². The Morgan fingerprint density at radius 2 is 2.07 bits per heavy atom. The Morgan fingerprint density at radius 1 is 1.29 bits per heavy atom. The van der Waals surface area contributed by atoms with E-state index in [1.165, 1.54) is 0 Å². The van der Waals surface area contributed by atoms with Crippen molar-refractivity contribution in [3.8, 4) is 0 Å². The van der Waals surface area contributed by atoms with Crippen molar-refractivity contribution in [1.29, 1.82) is 0 Å². The second-order valence-corrected chi connectivity index (χ2v) is 8.94. The number of nitrogens with one attached hydrogen (secondary N) is 1. The highest BCUT2D eigenvalue weighted by Gasteiger charge is 2.35. The van der Waals surface area contributed by atoms with Gasteiger partial charge >= 0.3 is 0 Å². The molecule has 1 atom stereocenters. The van der Waals surface area contributed by atoms with Gasteiger partial charge in [-0.1, -0.05) is 13.0 Å². The van der Waals surface area contributed by atoms with Gasteiger partial charge in [0.2, 0.25) is 5.91 Å². The van der Waals surface area contributed by atoms with Gasteiger partial charge in [0.1, 0.15) is 5.60 Å². The fourth-order valence-corrected chi connectivity index (χ4v) is 5.07. The summed E-state index contributed by atoms with van der Waals surface area (Å²) in [5, 5.41) is 15.8. The number of carbonyl (C=O) groups excluding carboxylic acids is 2. The van der Waals surface area contributed by atoms with Gasteiger partial charge in [-0.25, -0.2) is 0 Å². The average Bonchev–Trinajstić information content (AvgIpc) is 3.24. The summed E-state index contributed by atoms with van der Waals surface area (Å²) in [7, 11) is 0. The molecule has 3 heterocycles. The second kappa shape index (κ2) is 7.78. The van der Waals surface area contributed by atoms with Crippen LogP contribution in [0.25, 0.3) is 0 Å². The topological polar surface area (TPSA) is 69.6 Å². The third-order valence-corrected chi connectivity index (χ3v) is 6.99. The molecule has 1 unspecified atom stereocenters. The Morgan fingerprint density at radius 3 is 2.79 bits per heavy atom. The number of piperidine rings is 1. The molecule has 2 aliphatic heterocycles. The number of Topliss-reactive ketones (excluding diaryl/α,β-unsaturated/α-hetero) is 1. The highest BCUT2D eigenvalue weighted by atomic mass is 32.1. The number of hydrogen-bond donors (Lipinski definition) is 2. The number of aryl methyl sites for hydroxylation is 1. The van der Waals surface area contributed by atoms with Crippen LogP contribution in [0.3, 0.4) is 0 Å². The van der Waals surface area contributed by atoms with Gasteiger partial charge in [0, 0.05) is 48.1 Å². The first kappa shape index (κ1) is 19.3. The van der Waals surface area contributed by atoms with Crippen LogP contribution in [0.15, 0.2) is 35.7 Å². The third kappa shape index (κ3) is 3.90. The summed E-state index contributed by atoms with van der Waals surface area (Å²) < 4.78 is 0. The Bertz CT molecular complexity index is 870. The highest BCUT2D eigenvalue weighted by molar-refractivity contribution is 7.10. The van der Waals surface area contributed by atoms with Crippen LogP contribution in [-0.4, -0.2) is 41.3 Å². The van der Waals surface area contributed by atoms with Crippen LogP contribution in [0.5, 0.6) is 0 Å². The summed E-state index contributed by atoms with van der Waals surface area (Å²) in [4.78, 5) is 27.7. The average molecular weight is 399 g/mol. The molecule has 1 aromatic heterocycles. The standard InChI is InChI=1S/C22H26N2O3S/c1-15(14-24-10-8-22(27,9-11-24)19-3-2-12-28-19)21(26)17-4-6-18-16(13-17)5-7-20(25)23-18/h2-4,6,12-13,15,27H,5,7-11,14H2,1H3,(H,23,25). The molecule has 0 aliphatic carbocycles. The van der Waals surface area contributed by atoms with Gasteiger partial charge < -0.3 is 15.3 Å². The molecule has 0 saturated carbocycles. The third-order valence-electron chi connectivity index (χ3n) is 5.93. The number of benzene rings is 1. The predicted molar refractivity (Wildman–Crippen MR) is 111 cm³/mol. The summed E-state index contributed by atoms with van der Waals surface area (Å²) in [6, 6.07) is 9.57. The number of amides is 1. The summed E-state index contributed by atoms with van der Waals surface area (Å²) in [5.41, 5.74) is 1.86. The van der Waals surface area contributed by atoms with E-state index >= 15 is 0 Å². The van der Waals surface area contributed by atoms with Gasteiger partial charge in [-0.2, -0.15) is 0 Å². The maximum Gasteiger partial charge on any atom is 0.224 e. The van der Waals surface area contributed by atoms with Crippen molar-refractivity contribution in [2.45, 2.75) is 38.2 Å². The van der Waals surface area contributed by atoms with E-state index in [-0.39, 0.29) is 17.6 Å². The molecule has 4 rings (SSSR count). The number of rotatable bonds is 5. The maximum atomic E-state index is 12.9. The van der Waals surface area contributed by atoms with E-state index in [9.17, 15) is 14.7 Å². The number of fused-ring (bicyclic) bond motifs is 1. The number of hydrogen-bond acceptors (Lipinski definition) is 5. The molecular formula is C22H26N2O3S. The van der Waals surface area contributed by atoms with Gasteiger partial charge in [-0.3, -0.25) is 9.59 Å². The van der Waals surface area contributed by atoms with E-state index in [1.807, 2.05) is 42.6 Å². The van der Waals surface area contributed by atoms with Crippen LogP contribution in [0.2, 0.25) is 0 Å². The van der Waals surface area contributed by atoms with Crippen LogP contribution in [0.1, 0.15) is 47.0 Å². The Hall–Kier alpha value is -2.02. The maximum absolute atomic E-state index is 12.9. The van der Waals surface area contributed by atoms with E-state index in [0.29, 0.717) is 32.2 Å². The van der Waals surface area contributed by atoms with Gasteiger partial charge in [0.15, 0.2) is 5.78 Å². The minimum absolute atomic E-state index is 0.0348. The van der Waals surface area contributed by atoms with Gasteiger partial charge in [-0.05, 0) is 54.5 Å². The van der Waals surface area contributed by atoms with Crippen molar-refractivity contribution in [3.63, 3.8) is 0 Å². The molecule has 0 radical (unpaired) electrons. The number of carbonyl (C=O) groups is 2. The molecule has 2 N–H and O–H groups in total. The van der Waals surface area contributed by atoms with Gasteiger partial charge in [-0.15, -0.1) is 11.3 Å². The van der Waals surface area contributed by atoms with Gasteiger partial charge in [0.05, 0.1) is 0 Å². The first-order valence-corrected chi connectivity index (χ1v) is 10.8. The minimum Gasteiger partial charge on any atom is -0.384 e. The Balaban J connectivity index is 1.36. The minimum atomic E-state index is -0.721. The molecule has 2 aliphatic rings. The lowest BCUT2D eigenvalue weighted by Gasteiger charge is -2.38. The smallest absolute Gasteiger partial charge is 0.224 e. The van der Waals surface area contributed by atoms with Crippen molar-refractivity contribution in [2.75, 3.05) is 25.0 Å². The zero-order chi connectivity index (χ0) is 19.7. The molecule has 1 saturated heterocycles. The molecular weight excluding hydrogens is 372 g/mol. The summed E-state index contributed by atoms with van der Waals surface area (Å²) >= 11 is 1.61. The summed E-state index contributed by atoms with van der Waals surface area (Å²) in [5.74, 6) is 0.0653. The van der Waals surface area contributed by atoms with Crippen LogP contribution < -0.4 is 5.32 Å². The molecule has 148 valence electrons. The molecule has 1 aromatic carbocycles. The molecule has 0 bridgehead atoms. The van der Waals surface area contributed by atoms with Crippen LogP contribution in [-0.2, 0) is 16.8 Å². The van der Waals surface area contributed by atoms with E-state index in [2.05, 4.69) is 10.2 Å². The zero-order valence-electron chi connectivity index (χ0n) is 16.1. The molecule has 2 aromatic rings. The number of thiophene rings is 1. The Kier molecular flexibility index (Phi) is 5.36. The molecule has 5 nitrogen and oxygen atoms in total. The lowest BCUT2D eigenvalue weighted by molar-refractivity contribution is -0.116. The van der Waals surface area contributed by atoms with E-state index in [0.717, 1.165) is 34.8 Å². The van der Waals surface area contributed by atoms with Crippen LogP contribution >= 0.6 is 11.3 Å². The monoisotopic (exact) mass is 398 g/mol. The van der Waals surface area contributed by atoms with Gasteiger partial charge in [0.25, 0.3) is 0 Å². The lowest BCUT2D eigenvalue weighted by atomic mass is 9.88. The van der Waals surface area contributed by atoms with Crippen LogP contribution in [0.4, 0.5) is 5.69 Å². The number of ketones is 1. The van der Waals surface area contributed by atoms with E-state index < -0.39 is 5.60 Å². The fraction of sp³-hybridized carbons (Fsp3) is 0.455. The molecule has 1 fully saturated rings. The lowest BCUT2D eigenvalue weighted by Crippen LogP contribution is -2.44. The zero-order valence-corrected chi connectivity index (χ0v) is 16.9. The molecule has 0 spiro atoms. The SMILES string of the molecule is CC(CN1CCC(O)(c2cccs2)CC1)C(=O)c1ccc2c(c1)CCC(=O)N2. The van der Waals surface area contributed by atoms with E-state index in [1.54, 1.807) is 11.3 Å². The normalized spacial score (nSPS) is 20.3. The van der Waals surface area contributed by atoms with Crippen molar-refractivity contribution in [2.24, 2.45) is 5.92 Å². The number of likely N-dealkylation sites (tertiary alicyclic amines) is 1. The first-order valence-electron chi connectivity index (χ1n) is 9.90. The number of aliphatic hydroxyl groups is 1. The number of nitrogens with zero attached hydrogens (tertiary/aromatic N) is 1. The van der Waals surface area contributed by atoms with E-state index in [4.69, 9.17) is 0 Å². The van der Waals surface area contributed by atoms with Crippen molar-refractivity contribution in [3.05, 3.63) is 51.7 Å². The predicted octanol–water partition coefficient (Wildman–Crippen LogP) is 3.44. The molecule has 1 amide bonds.